The van der Waals surface area contributed by atoms with Gasteiger partial charge in [0.2, 0.25) is 0 Å². The van der Waals surface area contributed by atoms with Gasteiger partial charge in [-0.25, -0.2) is 0 Å². The number of halogens is 1. The van der Waals surface area contributed by atoms with E-state index in [4.69, 9.17) is 11.6 Å². The Morgan fingerprint density at radius 1 is 1.60 bits per heavy atom. The van der Waals surface area contributed by atoms with E-state index in [1.165, 1.54) is 23.5 Å². The first-order chi connectivity index (χ1) is 4.70. The van der Waals surface area contributed by atoms with Crippen LogP contribution in [0.2, 0.25) is 16.5 Å². The fraction of sp³-hybridized carbons (Fsp3) is 0.750. The SMILES string of the molecule is C/C(Cl)=C1/CCC[Se+](C)C1. The number of hydrogen-bond acceptors (Lipinski definition) is 0. The van der Waals surface area contributed by atoms with Crippen molar-refractivity contribution in [3.8, 4) is 0 Å². The van der Waals surface area contributed by atoms with Crippen molar-refractivity contribution in [3.05, 3.63) is 10.6 Å². The molecule has 1 unspecified atom stereocenters. The van der Waals surface area contributed by atoms with Gasteiger partial charge in [-0.1, -0.05) is 0 Å². The Kier molecular flexibility index (Phi) is 3.29. The summed E-state index contributed by atoms with van der Waals surface area (Å²) >= 11 is 5.69. The molecule has 1 fully saturated rings. The van der Waals surface area contributed by atoms with Crippen LogP contribution >= 0.6 is 11.6 Å². The second-order valence-corrected chi connectivity index (χ2v) is 8.18. The van der Waals surface area contributed by atoms with Crippen molar-refractivity contribution in [2.45, 2.75) is 36.2 Å². The maximum absolute atomic E-state index is 5.92. The van der Waals surface area contributed by atoms with Gasteiger partial charge in [-0.2, -0.15) is 0 Å². The minimum atomic E-state index is -0.230. The van der Waals surface area contributed by atoms with E-state index in [1.54, 1.807) is 5.57 Å². The van der Waals surface area contributed by atoms with Crippen LogP contribution < -0.4 is 0 Å². The van der Waals surface area contributed by atoms with Crippen molar-refractivity contribution in [2.24, 2.45) is 0 Å². The summed E-state index contributed by atoms with van der Waals surface area (Å²) in [5, 5.41) is 3.93. The minimum absolute atomic E-state index is 0.230. The molecule has 0 radical (unpaired) electrons. The van der Waals surface area contributed by atoms with Crippen LogP contribution in [0.15, 0.2) is 10.6 Å². The first-order valence-electron chi connectivity index (χ1n) is 3.63. The van der Waals surface area contributed by atoms with E-state index < -0.39 is 0 Å². The molecular formula is C8H14ClSe+. The van der Waals surface area contributed by atoms with Crippen LogP contribution in [-0.2, 0) is 0 Å². The van der Waals surface area contributed by atoms with Crippen molar-refractivity contribution in [3.63, 3.8) is 0 Å². The van der Waals surface area contributed by atoms with Crippen LogP contribution in [0.3, 0.4) is 0 Å². The van der Waals surface area contributed by atoms with Crippen LogP contribution in [0.4, 0.5) is 0 Å². The molecule has 1 atom stereocenters. The third-order valence-electron chi connectivity index (χ3n) is 1.88. The first-order valence-corrected chi connectivity index (χ1v) is 8.15. The molecule has 58 valence electrons. The number of hydrogen-bond donors (Lipinski definition) is 0. The summed E-state index contributed by atoms with van der Waals surface area (Å²) < 4.78 is 0. The van der Waals surface area contributed by atoms with E-state index in [9.17, 15) is 0 Å². The molecular weight excluding hydrogens is 211 g/mol. The Balaban J connectivity index is 2.55. The summed E-state index contributed by atoms with van der Waals surface area (Å²) in [6.07, 6.45) is 2.66. The Labute approximate surface area is 72.5 Å². The Bertz CT molecular complexity index is 147. The van der Waals surface area contributed by atoms with Gasteiger partial charge in [0.1, 0.15) is 0 Å². The standard InChI is InChI=1S/C8H14ClSe/c1-7(9)8-4-3-5-10(2)6-8/h3-6H2,1-2H3/q+1/b8-7+. The molecule has 1 saturated heterocycles. The molecule has 0 bridgehead atoms. The predicted octanol–water partition coefficient (Wildman–Crippen LogP) is 3.42. The molecule has 0 saturated carbocycles. The van der Waals surface area contributed by atoms with Crippen LogP contribution in [-0.4, -0.2) is 13.9 Å². The normalized spacial score (nSPS) is 32.1. The van der Waals surface area contributed by atoms with Crippen LogP contribution in [0.1, 0.15) is 19.8 Å². The molecule has 10 heavy (non-hydrogen) atoms. The summed E-state index contributed by atoms with van der Waals surface area (Å²) in [5.74, 6) is 2.43. The molecule has 2 heteroatoms. The zero-order valence-electron chi connectivity index (χ0n) is 6.61. The molecule has 0 N–H and O–H groups in total. The van der Waals surface area contributed by atoms with Gasteiger partial charge in [-0.3, -0.25) is 0 Å². The summed E-state index contributed by atoms with van der Waals surface area (Å²) in [5.41, 5.74) is 1.54. The molecule has 1 aliphatic heterocycles. The topological polar surface area (TPSA) is 0 Å². The fourth-order valence-corrected chi connectivity index (χ4v) is 5.23. The predicted molar refractivity (Wildman–Crippen MR) is 49.0 cm³/mol. The average Bonchev–Trinajstić information content (AvgIpc) is 1.88. The van der Waals surface area contributed by atoms with Crippen molar-refractivity contribution in [2.75, 3.05) is 0 Å². The summed E-state index contributed by atoms with van der Waals surface area (Å²) in [6, 6.07) is 0. The molecule has 1 heterocycles. The van der Waals surface area contributed by atoms with E-state index in [1.807, 2.05) is 6.92 Å². The quantitative estimate of drug-likeness (QED) is 0.553. The zero-order chi connectivity index (χ0) is 7.56. The molecule has 0 aromatic rings. The van der Waals surface area contributed by atoms with Crippen molar-refractivity contribution >= 4 is 25.5 Å². The third kappa shape index (κ3) is 2.30. The summed E-state index contributed by atoms with van der Waals surface area (Å²) in [7, 11) is 0. The Morgan fingerprint density at radius 2 is 2.30 bits per heavy atom. The van der Waals surface area contributed by atoms with Crippen molar-refractivity contribution in [1.29, 1.82) is 0 Å². The zero-order valence-corrected chi connectivity index (χ0v) is 9.08. The van der Waals surface area contributed by atoms with Gasteiger partial charge in [0.05, 0.1) is 0 Å². The van der Waals surface area contributed by atoms with Crippen molar-refractivity contribution < 1.29 is 0 Å². The molecule has 0 nitrogen and oxygen atoms in total. The van der Waals surface area contributed by atoms with Gasteiger partial charge in [-0.05, 0) is 0 Å². The number of allylic oxidation sites excluding steroid dienone is 2. The first kappa shape index (κ1) is 8.64. The van der Waals surface area contributed by atoms with Gasteiger partial charge in [0, 0.05) is 0 Å². The summed E-state index contributed by atoms with van der Waals surface area (Å²) in [6.45, 7) is 2.03. The second kappa shape index (κ2) is 3.80. The van der Waals surface area contributed by atoms with E-state index in [0.29, 0.717) is 0 Å². The van der Waals surface area contributed by atoms with Gasteiger partial charge in [0.25, 0.3) is 0 Å². The number of rotatable bonds is 0. The molecule has 0 spiro atoms. The van der Waals surface area contributed by atoms with Gasteiger partial charge >= 0.3 is 72.3 Å². The van der Waals surface area contributed by atoms with Gasteiger partial charge in [0.15, 0.2) is 0 Å². The fourth-order valence-electron chi connectivity index (χ4n) is 1.25. The monoisotopic (exact) mass is 225 g/mol. The maximum atomic E-state index is 5.92. The Hall–Kier alpha value is 0.549. The van der Waals surface area contributed by atoms with Crippen molar-refractivity contribution in [1.82, 2.24) is 0 Å². The van der Waals surface area contributed by atoms with E-state index in [2.05, 4.69) is 5.82 Å². The van der Waals surface area contributed by atoms with Crippen LogP contribution in [0.5, 0.6) is 0 Å². The molecule has 1 aliphatic rings. The Morgan fingerprint density at radius 3 is 2.70 bits per heavy atom. The van der Waals surface area contributed by atoms with Gasteiger partial charge < -0.3 is 0 Å². The molecule has 1 rings (SSSR count). The van der Waals surface area contributed by atoms with E-state index in [0.717, 1.165) is 5.03 Å². The molecule has 0 aromatic carbocycles. The van der Waals surface area contributed by atoms with Crippen LogP contribution in [0, 0.1) is 0 Å². The van der Waals surface area contributed by atoms with Gasteiger partial charge in [-0.15, -0.1) is 0 Å². The molecule has 0 amide bonds. The third-order valence-corrected chi connectivity index (χ3v) is 5.98. The molecule has 0 aliphatic carbocycles. The van der Waals surface area contributed by atoms with Crippen LogP contribution in [0.25, 0.3) is 0 Å². The summed E-state index contributed by atoms with van der Waals surface area (Å²) in [4.78, 5) is 0. The average molecular weight is 225 g/mol. The molecule has 0 aromatic heterocycles. The van der Waals surface area contributed by atoms with E-state index >= 15 is 0 Å². The van der Waals surface area contributed by atoms with E-state index in [-0.39, 0.29) is 13.9 Å². The second-order valence-electron chi connectivity index (χ2n) is 2.87.